The molecule has 1 fully saturated rings. The third-order valence-electron chi connectivity index (χ3n) is 6.97. The summed E-state index contributed by atoms with van der Waals surface area (Å²) in [6, 6.07) is 20.2. The van der Waals surface area contributed by atoms with E-state index in [1.807, 2.05) is 46.9 Å². The number of nitrogens with zero attached hydrogens (tertiary/aromatic N) is 1. The Bertz CT molecular complexity index is 1520. The van der Waals surface area contributed by atoms with Gasteiger partial charge in [0, 0.05) is 21.5 Å². The van der Waals surface area contributed by atoms with E-state index < -0.39 is 18.3 Å². The Morgan fingerprint density at radius 3 is 1.93 bits per heavy atom. The van der Waals surface area contributed by atoms with Gasteiger partial charge in [-0.3, -0.25) is 9.20 Å². The lowest BCUT2D eigenvalue weighted by molar-refractivity contribution is 0.00578. The molecule has 0 bridgehead atoms. The van der Waals surface area contributed by atoms with Gasteiger partial charge >= 0.3 is 7.12 Å². The van der Waals surface area contributed by atoms with Gasteiger partial charge in [0.05, 0.1) is 22.2 Å². The van der Waals surface area contributed by atoms with Gasteiger partial charge in [-0.1, -0.05) is 48.5 Å². The van der Waals surface area contributed by atoms with E-state index in [9.17, 15) is 4.79 Å². The van der Waals surface area contributed by atoms with Crippen LogP contribution in [0.5, 0.6) is 0 Å². The highest BCUT2D eigenvalue weighted by atomic mass is 16.7. The van der Waals surface area contributed by atoms with Crippen molar-refractivity contribution >= 4 is 50.5 Å². The van der Waals surface area contributed by atoms with Gasteiger partial charge in [-0.05, 0) is 50.7 Å². The van der Waals surface area contributed by atoms with E-state index >= 15 is 0 Å². The molecule has 0 saturated carbocycles. The molecule has 4 nitrogen and oxygen atoms in total. The molecule has 148 valence electrons. The Balaban J connectivity index is 1.78. The lowest BCUT2D eigenvalue weighted by atomic mass is 9.77. The predicted molar refractivity (Wildman–Crippen MR) is 123 cm³/mol. The van der Waals surface area contributed by atoms with Crippen molar-refractivity contribution < 1.29 is 9.31 Å². The minimum absolute atomic E-state index is 0.0210. The summed E-state index contributed by atoms with van der Waals surface area (Å²) in [5, 5.41) is 4.84. The SMILES string of the molecule is CC1(C)OB(c2cc3c4ccccc4c(=O)n4c5ccccc5c(c2)c34)OC1(C)C. The predicted octanol–water partition coefficient (Wildman–Crippen LogP) is 4.50. The standard InChI is InChI=1S/C25H22BNO3/c1-24(2)25(3,4)30-26(29-24)15-13-19-16-9-5-6-11-18(16)23(28)27-21-12-8-7-10-17(21)20(14-15)22(19)27/h5-14H,1-4H3. The number of hydrogen-bond acceptors (Lipinski definition) is 3. The van der Waals surface area contributed by atoms with Crippen LogP contribution in [0.15, 0.2) is 65.5 Å². The lowest BCUT2D eigenvalue weighted by Gasteiger charge is -2.32. The molecule has 3 aromatic carbocycles. The highest BCUT2D eigenvalue weighted by molar-refractivity contribution is 6.63. The van der Waals surface area contributed by atoms with Gasteiger partial charge in [-0.2, -0.15) is 0 Å². The Morgan fingerprint density at radius 2 is 1.27 bits per heavy atom. The number of hydrogen-bond donors (Lipinski definition) is 0. The highest BCUT2D eigenvalue weighted by Gasteiger charge is 2.51. The van der Waals surface area contributed by atoms with Crippen LogP contribution in [0.3, 0.4) is 0 Å². The van der Waals surface area contributed by atoms with Crippen LogP contribution in [-0.2, 0) is 9.31 Å². The zero-order chi connectivity index (χ0) is 20.8. The Kier molecular flexibility index (Phi) is 3.36. The summed E-state index contributed by atoms with van der Waals surface area (Å²) in [6.45, 7) is 8.26. The monoisotopic (exact) mass is 395 g/mol. The molecule has 0 aliphatic carbocycles. The Morgan fingerprint density at radius 1 is 0.733 bits per heavy atom. The molecule has 0 radical (unpaired) electrons. The summed E-state index contributed by atoms with van der Waals surface area (Å²) in [7, 11) is -0.456. The van der Waals surface area contributed by atoms with Crippen LogP contribution in [0.2, 0.25) is 0 Å². The second-order valence-electron chi connectivity index (χ2n) is 9.26. The maximum Gasteiger partial charge on any atom is 0.494 e. The minimum Gasteiger partial charge on any atom is -0.399 e. The molecule has 1 saturated heterocycles. The molecule has 1 aliphatic heterocycles. The number of pyridine rings is 1. The molecule has 6 rings (SSSR count). The van der Waals surface area contributed by atoms with Gasteiger partial charge in [-0.15, -0.1) is 0 Å². The Labute approximate surface area is 174 Å². The molecule has 1 aliphatic rings. The van der Waals surface area contributed by atoms with E-state index in [1.54, 1.807) is 0 Å². The fourth-order valence-electron chi connectivity index (χ4n) is 4.68. The molecule has 0 N–H and O–H groups in total. The maximum absolute atomic E-state index is 13.4. The summed E-state index contributed by atoms with van der Waals surface area (Å²) in [5.41, 5.74) is 2.06. The normalized spacial score (nSPS) is 18.3. The first kappa shape index (κ1) is 17.9. The average Bonchev–Trinajstić information content (AvgIpc) is 3.17. The first-order valence-electron chi connectivity index (χ1n) is 10.4. The lowest BCUT2D eigenvalue weighted by Crippen LogP contribution is -2.41. The van der Waals surface area contributed by atoms with Crippen molar-refractivity contribution in [1.29, 1.82) is 0 Å². The van der Waals surface area contributed by atoms with Gasteiger partial charge < -0.3 is 9.31 Å². The molecule has 5 heteroatoms. The molecule has 0 amide bonds. The number of rotatable bonds is 1. The van der Waals surface area contributed by atoms with E-state index in [2.05, 4.69) is 45.9 Å². The van der Waals surface area contributed by atoms with Crippen molar-refractivity contribution in [2.75, 3.05) is 0 Å². The maximum atomic E-state index is 13.4. The van der Waals surface area contributed by atoms with Gasteiger partial charge in [-0.25, -0.2) is 0 Å². The summed E-state index contributed by atoms with van der Waals surface area (Å²) in [6.07, 6.45) is 0. The van der Waals surface area contributed by atoms with E-state index in [0.29, 0.717) is 0 Å². The number of benzene rings is 3. The largest absolute Gasteiger partial charge is 0.494 e. The molecule has 0 spiro atoms. The second kappa shape index (κ2) is 5.62. The van der Waals surface area contributed by atoms with E-state index in [1.165, 1.54) is 0 Å². The fourth-order valence-corrected chi connectivity index (χ4v) is 4.68. The summed E-state index contributed by atoms with van der Waals surface area (Å²) in [4.78, 5) is 13.4. The van der Waals surface area contributed by atoms with Gasteiger partial charge in [0.2, 0.25) is 0 Å². The first-order valence-corrected chi connectivity index (χ1v) is 10.4. The molecule has 5 aromatic rings. The van der Waals surface area contributed by atoms with E-state index in [0.717, 1.165) is 43.4 Å². The molecular formula is C25H22BNO3. The molecule has 2 aromatic heterocycles. The summed E-state index contributed by atoms with van der Waals surface area (Å²) < 4.78 is 14.6. The number of fused-ring (bicyclic) bond motifs is 5. The fraction of sp³-hybridized carbons (Fsp3) is 0.240. The number of aromatic nitrogens is 1. The van der Waals surface area contributed by atoms with Crippen molar-refractivity contribution in [2.45, 2.75) is 38.9 Å². The van der Waals surface area contributed by atoms with Crippen molar-refractivity contribution in [3.63, 3.8) is 0 Å². The topological polar surface area (TPSA) is 39.9 Å². The van der Waals surface area contributed by atoms with Crippen LogP contribution in [0.1, 0.15) is 27.7 Å². The smallest absolute Gasteiger partial charge is 0.399 e. The third-order valence-corrected chi connectivity index (χ3v) is 6.97. The molecule has 30 heavy (non-hydrogen) atoms. The molecular weight excluding hydrogens is 373 g/mol. The molecule has 0 unspecified atom stereocenters. The average molecular weight is 395 g/mol. The van der Waals surface area contributed by atoms with Crippen molar-refractivity contribution in [1.82, 2.24) is 4.40 Å². The molecule has 3 heterocycles. The third kappa shape index (κ3) is 2.17. The van der Waals surface area contributed by atoms with Crippen molar-refractivity contribution in [2.24, 2.45) is 0 Å². The van der Waals surface area contributed by atoms with Gasteiger partial charge in [0.25, 0.3) is 5.56 Å². The van der Waals surface area contributed by atoms with Crippen LogP contribution in [0, 0.1) is 0 Å². The Hall–Kier alpha value is -2.89. The van der Waals surface area contributed by atoms with Crippen LogP contribution in [0.25, 0.3) is 38.0 Å². The number of para-hydroxylation sites is 1. The van der Waals surface area contributed by atoms with E-state index in [-0.39, 0.29) is 5.56 Å². The molecule has 0 atom stereocenters. The zero-order valence-corrected chi connectivity index (χ0v) is 17.5. The van der Waals surface area contributed by atoms with E-state index in [4.69, 9.17) is 9.31 Å². The van der Waals surface area contributed by atoms with Gasteiger partial charge in [0.1, 0.15) is 0 Å². The van der Waals surface area contributed by atoms with Crippen LogP contribution in [0.4, 0.5) is 0 Å². The quantitative estimate of drug-likeness (QED) is 0.310. The highest BCUT2D eigenvalue weighted by Crippen LogP contribution is 2.38. The second-order valence-corrected chi connectivity index (χ2v) is 9.26. The summed E-state index contributed by atoms with van der Waals surface area (Å²) in [5.74, 6) is 0. The van der Waals surface area contributed by atoms with Crippen LogP contribution >= 0.6 is 0 Å². The van der Waals surface area contributed by atoms with Crippen LogP contribution < -0.4 is 11.0 Å². The zero-order valence-electron chi connectivity index (χ0n) is 17.5. The minimum atomic E-state index is -0.456. The summed E-state index contributed by atoms with van der Waals surface area (Å²) >= 11 is 0. The van der Waals surface area contributed by atoms with Crippen molar-refractivity contribution in [3.05, 3.63) is 71.0 Å². The van der Waals surface area contributed by atoms with Crippen molar-refractivity contribution in [3.8, 4) is 0 Å². The first-order chi connectivity index (χ1) is 14.3. The van der Waals surface area contributed by atoms with Crippen LogP contribution in [-0.4, -0.2) is 22.7 Å². The van der Waals surface area contributed by atoms with Gasteiger partial charge in [0.15, 0.2) is 0 Å².